The second-order valence-corrected chi connectivity index (χ2v) is 7.65. The number of aliphatic hydroxyl groups is 1. The summed E-state index contributed by atoms with van der Waals surface area (Å²) in [5.41, 5.74) is -1.34. The highest BCUT2D eigenvalue weighted by molar-refractivity contribution is 6.01. The van der Waals surface area contributed by atoms with Gasteiger partial charge in [-0.3, -0.25) is 0 Å². The van der Waals surface area contributed by atoms with Crippen molar-refractivity contribution in [3.63, 3.8) is 0 Å². The van der Waals surface area contributed by atoms with Crippen molar-refractivity contribution in [2.24, 2.45) is 0 Å². The number of aromatic nitrogens is 5. The van der Waals surface area contributed by atoms with E-state index in [1.165, 1.54) is 31.1 Å². The van der Waals surface area contributed by atoms with Crippen molar-refractivity contribution in [2.75, 3.05) is 7.11 Å². The first-order valence-corrected chi connectivity index (χ1v) is 10.1. The Kier molecular flexibility index (Phi) is 5.77. The first-order chi connectivity index (χ1) is 16.1. The van der Waals surface area contributed by atoms with Crippen molar-refractivity contribution in [1.29, 1.82) is 0 Å². The van der Waals surface area contributed by atoms with Crippen molar-refractivity contribution < 1.29 is 32.9 Å². The molecule has 12 heteroatoms. The monoisotopic (exact) mass is 475 g/mol. The molecule has 0 amide bonds. The van der Waals surface area contributed by atoms with Crippen LogP contribution in [0.15, 0.2) is 49.1 Å². The van der Waals surface area contributed by atoms with Crippen LogP contribution in [0.2, 0.25) is 0 Å². The number of carbonyl (C=O) groups is 1. The Morgan fingerprint density at radius 3 is 2.50 bits per heavy atom. The van der Waals surface area contributed by atoms with E-state index >= 15 is 0 Å². The first-order valence-electron chi connectivity index (χ1n) is 10.1. The third-order valence-electron chi connectivity index (χ3n) is 5.58. The number of aromatic carboxylic acids is 1. The molecule has 0 bridgehead atoms. The summed E-state index contributed by atoms with van der Waals surface area (Å²) in [6.07, 6.45) is 0.166. The lowest BCUT2D eigenvalue weighted by atomic mass is 9.96. The maximum Gasteiger partial charge on any atom is 0.423 e. The highest BCUT2D eigenvalue weighted by Crippen LogP contribution is 2.40. The molecule has 1 atom stereocenters. The number of carboxylic acid groups (broad SMARTS) is 1. The Hall–Kier alpha value is -3.93. The summed E-state index contributed by atoms with van der Waals surface area (Å²) in [4.78, 5) is 16.0. The molecule has 34 heavy (non-hydrogen) atoms. The lowest BCUT2D eigenvalue weighted by molar-refractivity contribution is -0.269. The SMILES string of the molecule is CCC(O)(c1cn(Cc2ccc3c(-c4ccc(OC)nc4)c(C(=O)O)cn3c2)nn1)C(F)(F)F. The lowest BCUT2D eigenvalue weighted by Gasteiger charge is -2.26. The van der Waals surface area contributed by atoms with Gasteiger partial charge in [0, 0.05) is 35.8 Å². The number of halogens is 3. The van der Waals surface area contributed by atoms with Gasteiger partial charge >= 0.3 is 12.1 Å². The first kappa shape index (κ1) is 23.2. The smallest absolute Gasteiger partial charge is 0.423 e. The molecule has 2 N–H and O–H groups in total. The van der Waals surface area contributed by atoms with Gasteiger partial charge in [0.25, 0.3) is 0 Å². The zero-order valence-electron chi connectivity index (χ0n) is 18.1. The molecular weight excluding hydrogens is 455 g/mol. The van der Waals surface area contributed by atoms with E-state index in [4.69, 9.17) is 4.74 Å². The summed E-state index contributed by atoms with van der Waals surface area (Å²) in [5, 5.41) is 27.0. The van der Waals surface area contributed by atoms with Crippen LogP contribution in [0.25, 0.3) is 16.6 Å². The van der Waals surface area contributed by atoms with E-state index in [-0.39, 0.29) is 12.1 Å². The van der Waals surface area contributed by atoms with E-state index in [1.54, 1.807) is 34.9 Å². The standard InChI is InChI=1S/C22H20F3N5O4/c1-3-21(33,22(23,24)25)17-12-30(28-27-17)10-13-4-6-16-19(14-5-7-18(34-2)26-8-14)15(20(31)32)11-29(16)9-13/h4-9,11-12,33H,3,10H2,1-2H3,(H,31,32). The largest absolute Gasteiger partial charge is 0.481 e. The number of fused-ring (bicyclic) bond motifs is 1. The third kappa shape index (κ3) is 3.96. The maximum absolute atomic E-state index is 13.3. The van der Waals surface area contributed by atoms with E-state index in [0.717, 1.165) is 6.20 Å². The molecule has 4 aromatic heterocycles. The van der Waals surface area contributed by atoms with Crippen molar-refractivity contribution in [3.05, 3.63) is 65.9 Å². The van der Waals surface area contributed by atoms with Crippen LogP contribution in [0, 0.1) is 0 Å². The zero-order valence-corrected chi connectivity index (χ0v) is 18.1. The average Bonchev–Trinajstić information content (AvgIpc) is 3.42. The fourth-order valence-electron chi connectivity index (χ4n) is 3.71. The van der Waals surface area contributed by atoms with Crippen LogP contribution in [0.3, 0.4) is 0 Å². The molecule has 0 fully saturated rings. The van der Waals surface area contributed by atoms with Gasteiger partial charge in [-0.05, 0) is 24.1 Å². The van der Waals surface area contributed by atoms with Gasteiger partial charge in [-0.2, -0.15) is 13.2 Å². The van der Waals surface area contributed by atoms with Crippen LogP contribution in [-0.2, 0) is 12.1 Å². The van der Waals surface area contributed by atoms with E-state index < -0.39 is 29.9 Å². The van der Waals surface area contributed by atoms with E-state index in [1.807, 2.05) is 0 Å². The van der Waals surface area contributed by atoms with Gasteiger partial charge in [-0.15, -0.1) is 5.10 Å². The van der Waals surface area contributed by atoms with Crippen LogP contribution in [0.1, 0.15) is 35.0 Å². The Bertz CT molecular complexity index is 1350. The molecule has 4 rings (SSSR count). The normalized spacial score (nSPS) is 13.7. The predicted molar refractivity (Wildman–Crippen MR) is 114 cm³/mol. The van der Waals surface area contributed by atoms with Crippen LogP contribution >= 0.6 is 0 Å². The van der Waals surface area contributed by atoms with Crippen LogP contribution in [0.4, 0.5) is 13.2 Å². The number of pyridine rings is 2. The van der Waals surface area contributed by atoms with E-state index in [2.05, 4.69) is 15.3 Å². The minimum absolute atomic E-state index is 0.0562. The van der Waals surface area contributed by atoms with Gasteiger partial charge in [0.1, 0.15) is 5.69 Å². The number of hydrogen-bond donors (Lipinski definition) is 2. The van der Waals surface area contributed by atoms with Gasteiger partial charge in [-0.1, -0.05) is 18.2 Å². The fraction of sp³-hybridized carbons (Fsp3) is 0.273. The van der Waals surface area contributed by atoms with Crippen molar-refractivity contribution in [3.8, 4) is 17.0 Å². The molecule has 178 valence electrons. The molecule has 0 saturated heterocycles. The highest BCUT2D eigenvalue weighted by Gasteiger charge is 2.55. The van der Waals surface area contributed by atoms with Crippen LogP contribution < -0.4 is 4.74 Å². The summed E-state index contributed by atoms with van der Waals surface area (Å²) >= 11 is 0. The van der Waals surface area contributed by atoms with Crippen molar-refractivity contribution >= 4 is 11.5 Å². The second kappa shape index (κ2) is 8.45. The topological polar surface area (TPSA) is 115 Å². The summed E-state index contributed by atoms with van der Waals surface area (Å²) in [6.45, 7) is 1.27. The molecule has 0 radical (unpaired) electrons. The Labute approximate surface area is 191 Å². The molecular formula is C22H20F3N5O4. The number of nitrogens with zero attached hydrogens (tertiary/aromatic N) is 5. The number of hydrogen-bond acceptors (Lipinski definition) is 6. The fourth-order valence-corrected chi connectivity index (χ4v) is 3.71. The number of carboxylic acids is 1. The number of methoxy groups -OCH3 is 1. The molecule has 0 aromatic carbocycles. The Balaban J connectivity index is 1.69. The molecule has 0 aliphatic heterocycles. The number of alkyl halides is 3. The van der Waals surface area contributed by atoms with Crippen molar-refractivity contribution in [1.82, 2.24) is 24.4 Å². The Morgan fingerprint density at radius 1 is 1.15 bits per heavy atom. The zero-order chi connectivity index (χ0) is 24.7. The van der Waals surface area contributed by atoms with Crippen LogP contribution in [-0.4, -0.2) is 53.8 Å². The second-order valence-electron chi connectivity index (χ2n) is 7.65. The molecule has 0 spiro atoms. The minimum atomic E-state index is -4.90. The maximum atomic E-state index is 13.3. The molecule has 4 heterocycles. The number of rotatable bonds is 7. The molecule has 1 unspecified atom stereocenters. The predicted octanol–water partition coefficient (Wildman–Crippen LogP) is 3.51. The highest BCUT2D eigenvalue weighted by atomic mass is 19.4. The van der Waals surface area contributed by atoms with Crippen molar-refractivity contribution in [2.45, 2.75) is 31.7 Å². The number of ether oxygens (including phenoxy) is 1. The lowest BCUT2D eigenvalue weighted by Crippen LogP contribution is -2.42. The van der Waals surface area contributed by atoms with Crippen LogP contribution in [0.5, 0.6) is 5.88 Å². The van der Waals surface area contributed by atoms with Gasteiger partial charge < -0.3 is 19.4 Å². The van der Waals surface area contributed by atoms with E-state index in [0.29, 0.717) is 28.1 Å². The quantitative estimate of drug-likeness (QED) is 0.420. The summed E-state index contributed by atoms with van der Waals surface area (Å²) in [5.74, 6) is -0.734. The summed E-state index contributed by atoms with van der Waals surface area (Å²) in [6, 6.07) is 6.74. The van der Waals surface area contributed by atoms with Gasteiger partial charge in [0.15, 0.2) is 0 Å². The van der Waals surface area contributed by atoms with Gasteiger partial charge in [0.05, 0.1) is 30.9 Å². The molecule has 4 aromatic rings. The Morgan fingerprint density at radius 2 is 1.91 bits per heavy atom. The van der Waals surface area contributed by atoms with Gasteiger partial charge in [-0.25, -0.2) is 14.5 Å². The third-order valence-corrected chi connectivity index (χ3v) is 5.58. The molecule has 9 nitrogen and oxygen atoms in total. The molecule has 0 saturated carbocycles. The summed E-state index contributed by atoms with van der Waals surface area (Å²) in [7, 11) is 1.48. The summed E-state index contributed by atoms with van der Waals surface area (Å²) < 4.78 is 47.7. The molecule has 0 aliphatic rings. The minimum Gasteiger partial charge on any atom is -0.481 e. The molecule has 0 aliphatic carbocycles. The average molecular weight is 475 g/mol. The van der Waals surface area contributed by atoms with E-state index in [9.17, 15) is 28.2 Å². The van der Waals surface area contributed by atoms with Gasteiger partial charge in [0.2, 0.25) is 11.5 Å².